The van der Waals surface area contributed by atoms with E-state index in [1.807, 2.05) is 52.7 Å². The molecule has 1 saturated heterocycles. The van der Waals surface area contributed by atoms with Crippen LogP contribution in [0.25, 0.3) is 5.65 Å². The van der Waals surface area contributed by atoms with Gasteiger partial charge in [0.2, 0.25) is 5.91 Å². The molecule has 0 saturated carbocycles. The van der Waals surface area contributed by atoms with E-state index >= 15 is 0 Å². The van der Waals surface area contributed by atoms with E-state index in [-0.39, 0.29) is 5.91 Å². The fourth-order valence-electron chi connectivity index (χ4n) is 3.37. The SMILES string of the molecule is CCc1nnc2ccc(N3CCN(C(=O)Cc4ccccc4P)CC3)nn12. The van der Waals surface area contributed by atoms with Gasteiger partial charge in [0.1, 0.15) is 5.82 Å². The number of amides is 1. The molecule has 8 heteroatoms. The zero-order chi connectivity index (χ0) is 18.8. The van der Waals surface area contributed by atoms with Crippen LogP contribution in [-0.4, -0.2) is 56.8 Å². The van der Waals surface area contributed by atoms with Crippen molar-refractivity contribution in [3.63, 3.8) is 0 Å². The lowest BCUT2D eigenvalue weighted by Crippen LogP contribution is -2.49. The first kappa shape index (κ1) is 17.9. The molecule has 140 valence electrons. The Morgan fingerprint density at radius 1 is 1.07 bits per heavy atom. The predicted molar refractivity (Wildman–Crippen MR) is 108 cm³/mol. The van der Waals surface area contributed by atoms with Crippen molar-refractivity contribution in [3.05, 3.63) is 47.8 Å². The molecule has 7 nitrogen and oxygen atoms in total. The molecule has 1 fully saturated rings. The largest absolute Gasteiger partial charge is 0.352 e. The van der Waals surface area contributed by atoms with E-state index in [2.05, 4.69) is 24.3 Å². The molecule has 0 N–H and O–H groups in total. The quantitative estimate of drug-likeness (QED) is 0.632. The van der Waals surface area contributed by atoms with Gasteiger partial charge in [0.25, 0.3) is 0 Å². The lowest BCUT2D eigenvalue weighted by molar-refractivity contribution is -0.130. The Labute approximate surface area is 160 Å². The van der Waals surface area contributed by atoms with Gasteiger partial charge < -0.3 is 9.80 Å². The lowest BCUT2D eigenvalue weighted by atomic mass is 10.1. The first-order chi connectivity index (χ1) is 13.2. The average molecular weight is 382 g/mol. The van der Waals surface area contributed by atoms with Crippen molar-refractivity contribution in [2.24, 2.45) is 0 Å². The molecule has 3 heterocycles. The molecule has 2 aromatic heterocycles. The Kier molecular flexibility index (Phi) is 5.03. The van der Waals surface area contributed by atoms with E-state index in [4.69, 9.17) is 5.10 Å². The number of hydrogen-bond acceptors (Lipinski definition) is 5. The normalized spacial score (nSPS) is 14.7. The van der Waals surface area contributed by atoms with Gasteiger partial charge in [0.15, 0.2) is 11.5 Å². The lowest BCUT2D eigenvalue weighted by Gasteiger charge is -2.35. The number of aryl methyl sites for hydroxylation is 1. The van der Waals surface area contributed by atoms with Crippen molar-refractivity contribution in [1.29, 1.82) is 0 Å². The number of hydrogen-bond donors (Lipinski definition) is 0. The molecule has 3 aromatic rings. The second-order valence-electron chi connectivity index (χ2n) is 6.67. The van der Waals surface area contributed by atoms with Crippen LogP contribution in [0, 0.1) is 0 Å². The second-order valence-corrected chi connectivity index (χ2v) is 7.30. The van der Waals surface area contributed by atoms with E-state index in [0.29, 0.717) is 19.5 Å². The molecule has 4 rings (SSSR count). The summed E-state index contributed by atoms with van der Waals surface area (Å²) in [6.45, 7) is 5.01. The van der Waals surface area contributed by atoms with E-state index < -0.39 is 0 Å². The monoisotopic (exact) mass is 382 g/mol. The van der Waals surface area contributed by atoms with Gasteiger partial charge in [-0.2, -0.15) is 4.52 Å². The molecule has 1 aliphatic heterocycles. The predicted octanol–water partition coefficient (Wildman–Crippen LogP) is 1.08. The van der Waals surface area contributed by atoms with Crippen LogP contribution in [0.1, 0.15) is 18.3 Å². The van der Waals surface area contributed by atoms with Gasteiger partial charge in [-0.1, -0.05) is 31.2 Å². The van der Waals surface area contributed by atoms with Crippen molar-refractivity contribution in [1.82, 2.24) is 24.7 Å². The number of carbonyl (C=O) groups is 1. The van der Waals surface area contributed by atoms with Crippen molar-refractivity contribution in [2.75, 3.05) is 31.1 Å². The molecular weight excluding hydrogens is 359 g/mol. The van der Waals surface area contributed by atoms with Crippen LogP contribution >= 0.6 is 9.24 Å². The van der Waals surface area contributed by atoms with Gasteiger partial charge >= 0.3 is 0 Å². The average Bonchev–Trinajstić information content (AvgIpc) is 3.12. The molecule has 0 bridgehead atoms. The Balaban J connectivity index is 1.41. The van der Waals surface area contributed by atoms with Gasteiger partial charge in [-0.05, 0) is 23.0 Å². The molecule has 1 unspecified atom stereocenters. The highest BCUT2D eigenvalue weighted by molar-refractivity contribution is 7.27. The van der Waals surface area contributed by atoms with Gasteiger partial charge in [-0.15, -0.1) is 24.5 Å². The maximum atomic E-state index is 12.6. The second kappa shape index (κ2) is 7.61. The zero-order valence-electron chi connectivity index (χ0n) is 15.4. The maximum Gasteiger partial charge on any atom is 0.227 e. The highest BCUT2D eigenvalue weighted by atomic mass is 31.0. The Hall–Kier alpha value is -2.53. The number of aromatic nitrogens is 4. The maximum absolute atomic E-state index is 12.6. The van der Waals surface area contributed by atoms with E-state index in [1.165, 1.54) is 0 Å². The highest BCUT2D eigenvalue weighted by Crippen LogP contribution is 2.16. The fraction of sp³-hybridized carbons (Fsp3) is 0.368. The number of anilines is 1. The van der Waals surface area contributed by atoms with Crippen LogP contribution in [0.3, 0.4) is 0 Å². The number of fused-ring (bicyclic) bond motifs is 1. The number of nitrogens with zero attached hydrogens (tertiary/aromatic N) is 6. The number of benzene rings is 1. The van der Waals surface area contributed by atoms with Crippen LogP contribution in [0.4, 0.5) is 5.82 Å². The highest BCUT2D eigenvalue weighted by Gasteiger charge is 2.23. The smallest absolute Gasteiger partial charge is 0.227 e. The molecule has 1 aromatic carbocycles. The minimum Gasteiger partial charge on any atom is -0.352 e. The molecule has 0 aliphatic carbocycles. The van der Waals surface area contributed by atoms with Crippen molar-refractivity contribution >= 4 is 31.9 Å². The first-order valence-corrected chi connectivity index (χ1v) is 9.81. The molecular formula is C19H23N6OP. The van der Waals surface area contributed by atoms with Crippen LogP contribution in [0.5, 0.6) is 0 Å². The number of rotatable bonds is 4. The summed E-state index contributed by atoms with van der Waals surface area (Å²) >= 11 is 0. The third-order valence-corrected chi connectivity index (χ3v) is 5.55. The Morgan fingerprint density at radius 3 is 2.59 bits per heavy atom. The number of piperazine rings is 1. The third-order valence-electron chi connectivity index (χ3n) is 4.98. The van der Waals surface area contributed by atoms with E-state index in [0.717, 1.165) is 47.7 Å². The van der Waals surface area contributed by atoms with Gasteiger partial charge in [-0.3, -0.25) is 4.79 Å². The summed E-state index contributed by atoms with van der Waals surface area (Å²) in [6.07, 6.45) is 1.24. The van der Waals surface area contributed by atoms with Gasteiger partial charge in [-0.25, -0.2) is 0 Å². The molecule has 0 spiro atoms. The Morgan fingerprint density at radius 2 is 1.85 bits per heavy atom. The van der Waals surface area contributed by atoms with Crippen LogP contribution < -0.4 is 10.2 Å². The first-order valence-electron chi connectivity index (χ1n) is 9.23. The summed E-state index contributed by atoms with van der Waals surface area (Å²) in [5, 5.41) is 14.1. The standard InChI is InChI=1S/C19H23N6OP/c1-2-16-20-21-17-7-8-18(22-25(16)17)23-9-11-24(12-10-23)19(26)13-14-5-3-4-6-15(14)27/h3-8H,2,9-13,27H2,1H3. The third kappa shape index (κ3) is 3.65. The van der Waals surface area contributed by atoms with Crippen molar-refractivity contribution in [3.8, 4) is 0 Å². The Bertz CT molecular complexity index is 964. The topological polar surface area (TPSA) is 66.6 Å². The van der Waals surface area contributed by atoms with Gasteiger partial charge in [0, 0.05) is 32.6 Å². The molecule has 0 radical (unpaired) electrons. The summed E-state index contributed by atoms with van der Waals surface area (Å²) in [5.41, 5.74) is 1.84. The summed E-state index contributed by atoms with van der Waals surface area (Å²) < 4.78 is 1.81. The molecule has 1 aliphatic rings. The van der Waals surface area contributed by atoms with E-state index in [9.17, 15) is 4.79 Å². The molecule has 1 amide bonds. The minimum atomic E-state index is 0.181. The van der Waals surface area contributed by atoms with Gasteiger partial charge in [0.05, 0.1) is 6.42 Å². The fourth-order valence-corrected chi connectivity index (χ4v) is 3.68. The van der Waals surface area contributed by atoms with Crippen molar-refractivity contribution in [2.45, 2.75) is 19.8 Å². The van der Waals surface area contributed by atoms with Crippen LogP contribution in [0.2, 0.25) is 0 Å². The van der Waals surface area contributed by atoms with Crippen LogP contribution in [-0.2, 0) is 17.6 Å². The summed E-state index contributed by atoms with van der Waals surface area (Å²) in [4.78, 5) is 16.8. The summed E-state index contributed by atoms with van der Waals surface area (Å²) in [7, 11) is 2.70. The number of carbonyl (C=O) groups excluding carboxylic acids is 1. The van der Waals surface area contributed by atoms with E-state index in [1.54, 1.807) is 0 Å². The van der Waals surface area contributed by atoms with Crippen LogP contribution in [0.15, 0.2) is 36.4 Å². The van der Waals surface area contributed by atoms with Crippen molar-refractivity contribution < 1.29 is 4.79 Å². The molecule has 1 atom stereocenters. The summed E-state index contributed by atoms with van der Waals surface area (Å²) in [5.74, 6) is 1.94. The zero-order valence-corrected chi connectivity index (χ0v) is 16.5. The molecule has 27 heavy (non-hydrogen) atoms. The minimum absolute atomic E-state index is 0.181. The summed E-state index contributed by atoms with van der Waals surface area (Å²) in [6, 6.07) is 11.9.